The Labute approximate surface area is 140 Å². The molecular weight excluding hydrogens is 310 g/mol. The Morgan fingerprint density at radius 1 is 1.30 bits per heavy atom. The summed E-state index contributed by atoms with van der Waals surface area (Å²) < 4.78 is 0. The minimum atomic E-state index is -0.0125. The number of carbonyl (C=O) groups excluding carboxylic acids is 1. The van der Waals surface area contributed by atoms with Crippen molar-refractivity contribution >= 4 is 28.4 Å². The average Bonchev–Trinajstić information content (AvgIpc) is 2.55. The molecule has 0 aliphatic carbocycles. The third-order valence-corrected chi connectivity index (χ3v) is 5.35. The Balaban J connectivity index is 1.65. The van der Waals surface area contributed by atoms with Gasteiger partial charge in [-0.3, -0.25) is 9.78 Å². The van der Waals surface area contributed by atoms with E-state index in [0.717, 1.165) is 23.1 Å². The van der Waals surface area contributed by atoms with Crippen LogP contribution < -0.4 is 5.32 Å². The van der Waals surface area contributed by atoms with E-state index in [4.69, 9.17) is 11.6 Å². The molecule has 4 heterocycles. The summed E-state index contributed by atoms with van der Waals surface area (Å²) in [5.74, 6) is 0.600. The number of piperidine rings is 3. The minimum Gasteiger partial charge on any atom is -0.348 e. The summed E-state index contributed by atoms with van der Waals surface area (Å²) in [6, 6.07) is 7.62. The molecule has 0 radical (unpaired) electrons. The van der Waals surface area contributed by atoms with Crippen LogP contribution in [0.1, 0.15) is 28.9 Å². The fourth-order valence-corrected chi connectivity index (χ4v) is 4.07. The number of fused-ring (bicyclic) bond motifs is 4. The van der Waals surface area contributed by atoms with Crippen LogP contribution in [0.5, 0.6) is 0 Å². The first-order chi connectivity index (χ1) is 11.1. The van der Waals surface area contributed by atoms with Crippen molar-refractivity contribution < 1.29 is 4.79 Å². The molecule has 3 aliphatic rings. The zero-order valence-electron chi connectivity index (χ0n) is 13.2. The van der Waals surface area contributed by atoms with E-state index in [0.29, 0.717) is 16.5 Å². The number of amides is 1. The molecule has 5 heteroatoms. The zero-order valence-corrected chi connectivity index (χ0v) is 13.9. The molecule has 1 amide bonds. The van der Waals surface area contributed by atoms with Gasteiger partial charge in [0.05, 0.1) is 11.1 Å². The SMILES string of the molecule is Cc1cc(C(=O)NC2CN3CCC2CC3)c2cc(Cl)ccc2n1. The van der Waals surface area contributed by atoms with Gasteiger partial charge in [-0.1, -0.05) is 11.6 Å². The van der Waals surface area contributed by atoms with E-state index < -0.39 is 0 Å². The molecule has 2 bridgehead atoms. The van der Waals surface area contributed by atoms with Gasteiger partial charge in [-0.15, -0.1) is 0 Å². The van der Waals surface area contributed by atoms with E-state index in [9.17, 15) is 4.79 Å². The Hall–Kier alpha value is -1.65. The molecule has 120 valence electrons. The highest BCUT2D eigenvalue weighted by atomic mass is 35.5. The van der Waals surface area contributed by atoms with Crippen molar-refractivity contribution in [3.05, 3.63) is 40.5 Å². The van der Waals surface area contributed by atoms with E-state index in [2.05, 4.69) is 15.2 Å². The molecule has 3 aliphatic heterocycles. The van der Waals surface area contributed by atoms with Crippen LogP contribution in [-0.4, -0.2) is 41.5 Å². The maximum Gasteiger partial charge on any atom is 0.252 e. The number of nitrogens with one attached hydrogen (secondary N) is 1. The van der Waals surface area contributed by atoms with E-state index in [-0.39, 0.29) is 11.9 Å². The average molecular weight is 330 g/mol. The van der Waals surface area contributed by atoms with Crippen LogP contribution >= 0.6 is 11.6 Å². The second-order valence-electron chi connectivity index (χ2n) is 6.69. The summed E-state index contributed by atoms with van der Waals surface area (Å²) in [5, 5.41) is 4.70. The lowest BCUT2D eigenvalue weighted by Gasteiger charge is -2.44. The second kappa shape index (κ2) is 5.77. The van der Waals surface area contributed by atoms with Crippen molar-refractivity contribution in [2.75, 3.05) is 19.6 Å². The summed E-state index contributed by atoms with van der Waals surface area (Å²) in [6.07, 6.45) is 2.37. The molecule has 0 saturated carbocycles. The van der Waals surface area contributed by atoms with Gasteiger partial charge in [0.1, 0.15) is 0 Å². The molecule has 1 N–H and O–H groups in total. The van der Waals surface area contributed by atoms with E-state index in [1.165, 1.54) is 25.9 Å². The molecule has 4 nitrogen and oxygen atoms in total. The van der Waals surface area contributed by atoms with Crippen molar-refractivity contribution in [2.24, 2.45) is 5.92 Å². The Morgan fingerprint density at radius 3 is 2.78 bits per heavy atom. The number of halogens is 1. The molecule has 1 aromatic heterocycles. The van der Waals surface area contributed by atoms with Crippen molar-refractivity contribution in [3.63, 3.8) is 0 Å². The molecule has 0 spiro atoms. The van der Waals surface area contributed by atoms with Gasteiger partial charge in [0.15, 0.2) is 0 Å². The second-order valence-corrected chi connectivity index (χ2v) is 7.13. The number of hydrogen-bond acceptors (Lipinski definition) is 3. The topological polar surface area (TPSA) is 45.2 Å². The van der Waals surface area contributed by atoms with Gasteiger partial charge < -0.3 is 10.2 Å². The smallest absolute Gasteiger partial charge is 0.252 e. The molecule has 3 saturated heterocycles. The molecule has 1 aromatic carbocycles. The van der Waals surface area contributed by atoms with Crippen LogP contribution in [0.4, 0.5) is 0 Å². The number of rotatable bonds is 2. The third-order valence-electron chi connectivity index (χ3n) is 5.12. The summed E-state index contributed by atoms with van der Waals surface area (Å²) >= 11 is 6.11. The lowest BCUT2D eigenvalue weighted by Crippen LogP contribution is -2.57. The Morgan fingerprint density at radius 2 is 2.09 bits per heavy atom. The molecule has 23 heavy (non-hydrogen) atoms. The van der Waals surface area contributed by atoms with Gasteiger partial charge in [-0.05, 0) is 63.0 Å². The standard InChI is InChI=1S/C18H20ClN3O/c1-11-8-15(14-9-13(19)2-3-16(14)20-11)18(23)21-17-10-22-6-4-12(17)5-7-22/h2-3,8-9,12,17H,4-7,10H2,1H3,(H,21,23). The normalized spacial score (nSPS) is 26.4. The fraction of sp³-hybridized carbons (Fsp3) is 0.444. The Kier molecular flexibility index (Phi) is 3.74. The van der Waals surface area contributed by atoms with Gasteiger partial charge >= 0.3 is 0 Å². The monoisotopic (exact) mass is 329 g/mol. The quantitative estimate of drug-likeness (QED) is 0.921. The number of nitrogens with zero attached hydrogens (tertiary/aromatic N) is 2. The van der Waals surface area contributed by atoms with Gasteiger partial charge in [0.2, 0.25) is 0 Å². The number of aromatic nitrogens is 1. The van der Waals surface area contributed by atoms with E-state index in [1.807, 2.05) is 31.2 Å². The Bertz CT molecular complexity index is 768. The summed E-state index contributed by atoms with van der Waals surface area (Å²) in [4.78, 5) is 19.8. The molecule has 1 unspecified atom stereocenters. The van der Waals surface area contributed by atoms with Crippen molar-refractivity contribution in [1.29, 1.82) is 0 Å². The molecule has 3 fully saturated rings. The minimum absolute atomic E-state index is 0.0125. The van der Waals surface area contributed by atoms with Crippen molar-refractivity contribution in [2.45, 2.75) is 25.8 Å². The van der Waals surface area contributed by atoms with Crippen LogP contribution in [0.2, 0.25) is 5.02 Å². The van der Waals surface area contributed by atoms with Crippen LogP contribution in [0.15, 0.2) is 24.3 Å². The summed E-state index contributed by atoms with van der Waals surface area (Å²) in [7, 11) is 0. The highest BCUT2D eigenvalue weighted by molar-refractivity contribution is 6.31. The number of pyridine rings is 1. The van der Waals surface area contributed by atoms with Crippen LogP contribution in [0, 0.1) is 12.8 Å². The lowest BCUT2D eigenvalue weighted by molar-refractivity contribution is 0.0621. The van der Waals surface area contributed by atoms with E-state index >= 15 is 0 Å². The maximum atomic E-state index is 12.9. The van der Waals surface area contributed by atoms with Gasteiger partial charge in [-0.2, -0.15) is 0 Å². The first kappa shape index (κ1) is 14.9. The van der Waals surface area contributed by atoms with Gasteiger partial charge in [-0.25, -0.2) is 0 Å². The first-order valence-corrected chi connectivity index (χ1v) is 8.58. The predicted molar refractivity (Wildman–Crippen MR) is 91.9 cm³/mol. The van der Waals surface area contributed by atoms with Gasteiger partial charge in [0, 0.05) is 28.7 Å². The van der Waals surface area contributed by atoms with Crippen LogP contribution in [-0.2, 0) is 0 Å². The molecule has 5 rings (SSSR count). The fourth-order valence-electron chi connectivity index (χ4n) is 3.89. The summed E-state index contributed by atoms with van der Waals surface area (Å²) in [6.45, 7) is 5.23. The molecule has 2 aromatic rings. The lowest BCUT2D eigenvalue weighted by atomic mass is 9.84. The van der Waals surface area contributed by atoms with Crippen LogP contribution in [0.3, 0.4) is 0 Å². The van der Waals surface area contributed by atoms with Crippen LogP contribution in [0.25, 0.3) is 10.9 Å². The highest BCUT2D eigenvalue weighted by Crippen LogP contribution is 2.28. The van der Waals surface area contributed by atoms with Gasteiger partial charge in [0.25, 0.3) is 5.91 Å². The largest absolute Gasteiger partial charge is 0.348 e. The van der Waals surface area contributed by atoms with E-state index in [1.54, 1.807) is 0 Å². The third kappa shape index (κ3) is 2.81. The maximum absolute atomic E-state index is 12.9. The number of carbonyl (C=O) groups is 1. The number of hydrogen-bond donors (Lipinski definition) is 1. The van der Waals surface area contributed by atoms with Crippen molar-refractivity contribution in [3.8, 4) is 0 Å². The number of benzene rings is 1. The zero-order chi connectivity index (χ0) is 16.0. The number of aryl methyl sites for hydroxylation is 1. The molecule has 1 atom stereocenters. The molecular formula is C18H20ClN3O. The predicted octanol–water partition coefficient (Wildman–Crippen LogP) is 3.02. The summed E-state index contributed by atoms with van der Waals surface area (Å²) in [5.41, 5.74) is 2.33. The first-order valence-electron chi connectivity index (χ1n) is 8.20. The van der Waals surface area contributed by atoms with Crippen molar-refractivity contribution in [1.82, 2.24) is 15.2 Å². The highest BCUT2D eigenvalue weighted by Gasteiger charge is 2.35.